The molecule has 0 spiro atoms. The summed E-state index contributed by atoms with van der Waals surface area (Å²) in [5, 5.41) is 3.64. The minimum absolute atomic E-state index is 0.193. The number of nitrogens with one attached hydrogen (secondary N) is 1. The van der Waals surface area contributed by atoms with E-state index in [0.29, 0.717) is 40.4 Å². The number of halogens is 1. The van der Waals surface area contributed by atoms with E-state index in [2.05, 4.69) is 15.2 Å². The quantitative estimate of drug-likeness (QED) is 0.646. The predicted molar refractivity (Wildman–Crippen MR) is 121 cm³/mol. The molecule has 3 N–H and O–H groups in total. The Bertz CT molecular complexity index is 1060. The fourth-order valence-corrected chi connectivity index (χ4v) is 3.76. The standard InChI is InChI=1S/C23H24ClN5O/c1-15-7-8-18(11-19(15)24)21-26-13-20(27-23(30)17-5-3-2-4-6-17)22(28-21)29-10-9-16(12-25)14-29/h2-8,11,13,16H,9-10,12,14,25H2,1H3,(H,27,30). The maximum absolute atomic E-state index is 12.7. The summed E-state index contributed by atoms with van der Waals surface area (Å²) in [5.74, 6) is 1.49. The molecular formula is C23H24ClN5O. The van der Waals surface area contributed by atoms with Crippen molar-refractivity contribution < 1.29 is 4.79 Å². The zero-order valence-electron chi connectivity index (χ0n) is 16.8. The van der Waals surface area contributed by atoms with Gasteiger partial charge in [-0.1, -0.05) is 41.9 Å². The fraction of sp³-hybridized carbons (Fsp3) is 0.261. The van der Waals surface area contributed by atoms with Gasteiger partial charge < -0.3 is 16.0 Å². The van der Waals surface area contributed by atoms with Crippen LogP contribution >= 0.6 is 11.6 Å². The van der Waals surface area contributed by atoms with Crippen LogP contribution in [-0.2, 0) is 0 Å². The van der Waals surface area contributed by atoms with Crippen molar-refractivity contribution in [2.24, 2.45) is 11.7 Å². The van der Waals surface area contributed by atoms with Crippen molar-refractivity contribution in [2.75, 3.05) is 29.9 Å². The molecule has 1 aliphatic heterocycles. The lowest BCUT2D eigenvalue weighted by Gasteiger charge is -2.21. The topological polar surface area (TPSA) is 84.1 Å². The summed E-state index contributed by atoms with van der Waals surface area (Å²) in [6.07, 6.45) is 2.67. The van der Waals surface area contributed by atoms with Crippen LogP contribution in [0, 0.1) is 12.8 Å². The molecule has 0 radical (unpaired) electrons. The third-order valence-corrected chi connectivity index (χ3v) is 5.81. The first-order valence-electron chi connectivity index (χ1n) is 10.00. The minimum atomic E-state index is -0.193. The molecule has 1 saturated heterocycles. The molecule has 1 amide bonds. The van der Waals surface area contributed by atoms with Gasteiger partial charge in [-0.2, -0.15) is 0 Å². The van der Waals surface area contributed by atoms with Crippen molar-refractivity contribution in [3.63, 3.8) is 0 Å². The smallest absolute Gasteiger partial charge is 0.255 e. The van der Waals surface area contributed by atoms with Crippen LogP contribution in [0.1, 0.15) is 22.3 Å². The van der Waals surface area contributed by atoms with Gasteiger partial charge in [-0.05, 0) is 49.6 Å². The number of nitrogens with zero attached hydrogens (tertiary/aromatic N) is 3. The number of aryl methyl sites for hydroxylation is 1. The molecule has 3 aromatic rings. The normalized spacial score (nSPS) is 16.0. The Morgan fingerprint density at radius 1 is 1.27 bits per heavy atom. The highest BCUT2D eigenvalue weighted by molar-refractivity contribution is 6.31. The minimum Gasteiger partial charge on any atom is -0.354 e. The van der Waals surface area contributed by atoms with Crippen molar-refractivity contribution in [3.05, 3.63) is 70.9 Å². The highest BCUT2D eigenvalue weighted by atomic mass is 35.5. The Hall–Kier alpha value is -2.96. The molecule has 2 heterocycles. The maximum atomic E-state index is 12.7. The molecule has 4 rings (SSSR count). The number of rotatable bonds is 5. The molecule has 1 unspecified atom stereocenters. The average molecular weight is 422 g/mol. The monoisotopic (exact) mass is 421 g/mol. The highest BCUT2D eigenvalue weighted by Gasteiger charge is 2.26. The second-order valence-corrected chi connectivity index (χ2v) is 7.96. The molecule has 1 atom stereocenters. The second-order valence-electron chi connectivity index (χ2n) is 7.55. The lowest BCUT2D eigenvalue weighted by Crippen LogP contribution is -2.25. The van der Waals surface area contributed by atoms with Crippen LogP contribution in [-0.4, -0.2) is 35.5 Å². The van der Waals surface area contributed by atoms with Gasteiger partial charge in [0.15, 0.2) is 11.6 Å². The molecule has 1 aromatic heterocycles. The molecule has 0 aliphatic carbocycles. The molecule has 1 aliphatic rings. The first kappa shape index (κ1) is 20.3. The summed E-state index contributed by atoms with van der Waals surface area (Å²) in [5.41, 5.74) is 8.88. The summed E-state index contributed by atoms with van der Waals surface area (Å²) in [6, 6.07) is 14.9. The second kappa shape index (κ2) is 8.81. The lowest BCUT2D eigenvalue weighted by atomic mass is 10.1. The number of anilines is 2. The average Bonchev–Trinajstić information content (AvgIpc) is 3.26. The van der Waals surface area contributed by atoms with E-state index in [1.807, 2.05) is 43.3 Å². The first-order valence-corrected chi connectivity index (χ1v) is 10.4. The number of hydrogen-bond donors (Lipinski definition) is 2. The Labute approximate surface area is 181 Å². The van der Waals surface area contributed by atoms with Crippen molar-refractivity contribution in [3.8, 4) is 11.4 Å². The number of carbonyl (C=O) groups is 1. The summed E-state index contributed by atoms with van der Waals surface area (Å²) >= 11 is 6.30. The van der Waals surface area contributed by atoms with Gasteiger partial charge in [0.25, 0.3) is 5.91 Å². The van der Waals surface area contributed by atoms with Crippen LogP contribution in [0.2, 0.25) is 5.02 Å². The van der Waals surface area contributed by atoms with Crippen molar-refractivity contribution in [2.45, 2.75) is 13.3 Å². The van der Waals surface area contributed by atoms with E-state index in [1.165, 1.54) is 0 Å². The molecule has 154 valence electrons. The van der Waals surface area contributed by atoms with Crippen LogP contribution in [0.4, 0.5) is 11.5 Å². The van der Waals surface area contributed by atoms with E-state index in [0.717, 1.165) is 30.6 Å². The van der Waals surface area contributed by atoms with Crippen molar-refractivity contribution >= 4 is 29.0 Å². The number of amides is 1. The van der Waals surface area contributed by atoms with Crippen LogP contribution in [0.25, 0.3) is 11.4 Å². The lowest BCUT2D eigenvalue weighted by molar-refractivity contribution is 0.102. The summed E-state index contributed by atoms with van der Waals surface area (Å²) in [7, 11) is 0. The van der Waals surface area contributed by atoms with Gasteiger partial charge in [-0.15, -0.1) is 0 Å². The van der Waals surface area contributed by atoms with Crippen LogP contribution in [0.5, 0.6) is 0 Å². The molecule has 6 nitrogen and oxygen atoms in total. The zero-order valence-corrected chi connectivity index (χ0v) is 17.6. The Balaban J connectivity index is 1.70. The number of nitrogens with two attached hydrogens (primary N) is 1. The molecule has 30 heavy (non-hydrogen) atoms. The van der Waals surface area contributed by atoms with E-state index < -0.39 is 0 Å². The van der Waals surface area contributed by atoms with Gasteiger partial charge in [0, 0.05) is 29.2 Å². The third kappa shape index (κ3) is 4.30. The van der Waals surface area contributed by atoms with Crippen molar-refractivity contribution in [1.82, 2.24) is 9.97 Å². The number of aromatic nitrogens is 2. The van der Waals surface area contributed by atoms with Gasteiger partial charge in [-0.3, -0.25) is 4.79 Å². The van der Waals surface area contributed by atoms with E-state index in [4.69, 9.17) is 22.3 Å². The van der Waals surface area contributed by atoms with Crippen LogP contribution in [0.15, 0.2) is 54.7 Å². The van der Waals surface area contributed by atoms with Gasteiger partial charge in [0.2, 0.25) is 0 Å². The van der Waals surface area contributed by atoms with E-state index in [1.54, 1.807) is 18.3 Å². The zero-order chi connectivity index (χ0) is 21.1. The summed E-state index contributed by atoms with van der Waals surface area (Å²) in [6.45, 7) is 4.22. The van der Waals surface area contributed by atoms with Crippen LogP contribution < -0.4 is 16.0 Å². The Morgan fingerprint density at radius 3 is 2.77 bits per heavy atom. The summed E-state index contributed by atoms with van der Waals surface area (Å²) in [4.78, 5) is 24.2. The number of hydrogen-bond acceptors (Lipinski definition) is 5. The SMILES string of the molecule is Cc1ccc(-c2ncc(NC(=O)c3ccccc3)c(N3CCC(CN)C3)n2)cc1Cl. The van der Waals surface area contributed by atoms with E-state index >= 15 is 0 Å². The molecule has 1 fully saturated rings. The Morgan fingerprint density at radius 2 is 2.07 bits per heavy atom. The predicted octanol–water partition coefficient (Wildman–Crippen LogP) is 4.14. The summed E-state index contributed by atoms with van der Waals surface area (Å²) < 4.78 is 0. The number of benzene rings is 2. The highest BCUT2D eigenvalue weighted by Crippen LogP contribution is 2.31. The van der Waals surface area contributed by atoms with Gasteiger partial charge in [0.1, 0.15) is 5.69 Å². The maximum Gasteiger partial charge on any atom is 0.255 e. The van der Waals surface area contributed by atoms with Crippen LogP contribution in [0.3, 0.4) is 0 Å². The van der Waals surface area contributed by atoms with E-state index in [-0.39, 0.29) is 5.91 Å². The molecule has 0 bridgehead atoms. The number of carbonyl (C=O) groups excluding carboxylic acids is 1. The third-order valence-electron chi connectivity index (χ3n) is 5.40. The molecule has 7 heteroatoms. The molecular weight excluding hydrogens is 398 g/mol. The molecule has 2 aromatic carbocycles. The van der Waals surface area contributed by atoms with E-state index in [9.17, 15) is 4.79 Å². The Kier molecular flexibility index (Phi) is 5.97. The largest absolute Gasteiger partial charge is 0.354 e. The molecule has 0 saturated carbocycles. The van der Waals surface area contributed by atoms with Gasteiger partial charge in [0.05, 0.1) is 6.20 Å². The van der Waals surface area contributed by atoms with Crippen molar-refractivity contribution in [1.29, 1.82) is 0 Å². The fourth-order valence-electron chi connectivity index (χ4n) is 3.57. The first-order chi connectivity index (χ1) is 14.5. The van der Waals surface area contributed by atoms with Gasteiger partial charge in [-0.25, -0.2) is 9.97 Å². The van der Waals surface area contributed by atoms with Gasteiger partial charge >= 0.3 is 0 Å².